The van der Waals surface area contributed by atoms with Crippen LogP contribution in [-0.2, 0) is 0 Å². The van der Waals surface area contributed by atoms with Crippen molar-refractivity contribution in [3.05, 3.63) is 77.9 Å². The minimum absolute atomic E-state index is 0.749. The molecule has 1 heteroatoms. The van der Waals surface area contributed by atoms with Gasteiger partial charge in [0.1, 0.15) is 0 Å². The maximum absolute atomic E-state index is 4.28. The van der Waals surface area contributed by atoms with E-state index in [1.54, 1.807) is 0 Å². The van der Waals surface area contributed by atoms with Gasteiger partial charge >= 0.3 is 0 Å². The van der Waals surface area contributed by atoms with Crippen LogP contribution in [-0.4, -0.2) is 5.75 Å². The van der Waals surface area contributed by atoms with Gasteiger partial charge in [0, 0.05) is 5.75 Å². The summed E-state index contributed by atoms with van der Waals surface area (Å²) >= 11 is 4.28. The fourth-order valence-electron chi connectivity index (χ4n) is 1.73. The van der Waals surface area contributed by atoms with Gasteiger partial charge in [-0.15, -0.1) is 0 Å². The zero-order chi connectivity index (χ0) is 11.2. The van der Waals surface area contributed by atoms with Crippen LogP contribution in [0.1, 0.15) is 11.1 Å². The zero-order valence-electron chi connectivity index (χ0n) is 9.01. The van der Waals surface area contributed by atoms with Crippen LogP contribution in [0.25, 0.3) is 5.57 Å². The minimum atomic E-state index is 0.749. The van der Waals surface area contributed by atoms with E-state index in [9.17, 15) is 0 Å². The molecule has 0 nitrogen and oxygen atoms in total. The van der Waals surface area contributed by atoms with Gasteiger partial charge in [-0.25, -0.2) is 0 Å². The van der Waals surface area contributed by atoms with Crippen LogP contribution in [0.4, 0.5) is 0 Å². The fourth-order valence-corrected chi connectivity index (χ4v) is 1.91. The first-order valence-electron chi connectivity index (χ1n) is 5.33. The summed E-state index contributed by atoms with van der Waals surface area (Å²) in [4.78, 5) is 0. The molecule has 80 valence electrons. The first-order valence-corrected chi connectivity index (χ1v) is 5.97. The first kappa shape index (κ1) is 11.0. The standard InChI is InChI=1S/C15H14S/c16-12-11-15(13-7-3-1-4-8-13)14-9-5-2-6-10-14/h1-11,16H,12H2. The molecule has 0 fully saturated rings. The van der Waals surface area contributed by atoms with Crippen molar-refractivity contribution in [2.24, 2.45) is 0 Å². The smallest absolute Gasteiger partial charge is 0.00919 e. The summed E-state index contributed by atoms with van der Waals surface area (Å²) in [5, 5.41) is 0. The lowest BCUT2D eigenvalue weighted by atomic mass is 9.98. The van der Waals surface area contributed by atoms with E-state index in [4.69, 9.17) is 0 Å². The van der Waals surface area contributed by atoms with Crippen molar-refractivity contribution in [1.82, 2.24) is 0 Å². The molecule has 0 saturated carbocycles. The topological polar surface area (TPSA) is 0 Å². The maximum Gasteiger partial charge on any atom is 0.00919 e. The molecule has 2 rings (SSSR count). The van der Waals surface area contributed by atoms with Crippen molar-refractivity contribution in [3.63, 3.8) is 0 Å². The lowest BCUT2D eigenvalue weighted by molar-refractivity contribution is 1.53. The van der Waals surface area contributed by atoms with E-state index < -0.39 is 0 Å². The lowest BCUT2D eigenvalue weighted by Crippen LogP contribution is -1.87. The van der Waals surface area contributed by atoms with E-state index >= 15 is 0 Å². The lowest BCUT2D eigenvalue weighted by Gasteiger charge is -2.07. The highest BCUT2D eigenvalue weighted by Gasteiger charge is 2.02. The summed E-state index contributed by atoms with van der Waals surface area (Å²) in [6.07, 6.45) is 2.15. The summed E-state index contributed by atoms with van der Waals surface area (Å²) in [5.74, 6) is 0.749. The van der Waals surface area contributed by atoms with E-state index in [1.165, 1.54) is 16.7 Å². The van der Waals surface area contributed by atoms with Crippen molar-refractivity contribution < 1.29 is 0 Å². The molecular weight excluding hydrogens is 212 g/mol. The molecule has 0 aliphatic rings. The Morgan fingerprint density at radius 3 is 1.62 bits per heavy atom. The van der Waals surface area contributed by atoms with E-state index in [1.807, 2.05) is 12.1 Å². The van der Waals surface area contributed by atoms with Crippen LogP contribution in [0.2, 0.25) is 0 Å². The predicted molar refractivity (Wildman–Crippen MR) is 73.8 cm³/mol. The minimum Gasteiger partial charge on any atom is -0.175 e. The third-order valence-electron chi connectivity index (χ3n) is 2.46. The molecule has 0 bridgehead atoms. The Morgan fingerprint density at radius 2 is 1.25 bits per heavy atom. The molecule has 0 amide bonds. The van der Waals surface area contributed by atoms with Gasteiger partial charge in [0.2, 0.25) is 0 Å². The van der Waals surface area contributed by atoms with Crippen LogP contribution in [0.5, 0.6) is 0 Å². The molecule has 0 spiro atoms. The highest BCUT2D eigenvalue weighted by atomic mass is 32.1. The summed E-state index contributed by atoms with van der Waals surface area (Å²) in [5.41, 5.74) is 3.72. The van der Waals surface area contributed by atoms with E-state index in [0.29, 0.717) is 0 Å². The molecule has 16 heavy (non-hydrogen) atoms. The van der Waals surface area contributed by atoms with E-state index in [2.05, 4.69) is 67.2 Å². The Kier molecular flexibility index (Phi) is 3.84. The van der Waals surface area contributed by atoms with Crippen molar-refractivity contribution in [2.75, 3.05) is 5.75 Å². The second-order valence-corrected chi connectivity index (χ2v) is 3.90. The average molecular weight is 226 g/mol. The Labute approximate surface area is 102 Å². The van der Waals surface area contributed by atoms with Gasteiger partial charge in [-0.1, -0.05) is 66.7 Å². The normalized spacial score (nSPS) is 9.81. The summed E-state index contributed by atoms with van der Waals surface area (Å²) in [6, 6.07) is 20.8. The largest absolute Gasteiger partial charge is 0.175 e. The molecule has 2 aromatic rings. The number of benzene rings is 2. The van der Waals surface area contributed by atoms with Gasteiger partial charge in [0.15, 0.2) is 0 Å². The van der Waals surface area contributed by atoms with Gasteiger partial charge < -0.3 is 0 Å². The summed E-state index contributed by atoms with van der Waals surface area (Å²) in [6.45, 7) is 0. The monoisotopic (exact) mass is 226 g/mol. The molecule has 0 unspecified atom stereocenters. The summed E-state index contributed by atoms with van der Waals surface area (Å²) < 4.78 is 0. The van der Waals surface area contributed by atoms with E-state index in [0.717, 1.165) is 5.75 Å². The molecule has 0 heterocycles. The van der Waals surface area contributed by atoms with Crippen LogP contribution in [0.3, 0.4) is 0 Å². The zero-order valence-corrected chi connectivity index (χ0v) is 9.90. The molecule has 0 aliphatic carbocycles. The van der Waals surface area contributed by atoms with Gasteiger partial charge in [-0.3, -0.25) is 0 Å². The van der Waals surface area contributed by atoms with Crippen molar-refractivity contribution in [3.8, 4) is 0 Å². The number of hydrogen-bond acceptors (Lipinski definition) is 1. The second kappa shape index (κ2) is 5.57. The fraction of sp³-hybridized carbons (Fsp3) is 0.0667. The third kappa shape index (κ3) is 2.56. The van der Waals surface area contributed by atoms with Crippen LogP contribution in [0, 0.1) is 0 Å². The molecule has 0 aliphatic heterocycles. The van der Waals surface area contributed by atoms with Crippen molar-refractivity contribution >= 4 is 18.2 Å². The second-order valence-electron chi connectivity index (χ2n) is 3.53. The van der Waals surface area contributed by atoms with Gasteiger partial charge in [-0.2, -0.15) is 12.6 Å². The van der Waals surface area contributed by atoms with Crippen LogP contribution >= 0.6 is 12.6 Å². The molecule has 0 aromatic heterocycles. The predicted octanol–water partition coefficient (Wildman–Crippen LogP) is 4.05. The number of thiol groups is 1. The maximum atomic E-state index is 4.28. The van der Waals surface area contributed by atoms with Crippen LogP contribution < -0.4 is 0 Å². The number of hydrogen-bond donors (Lipinski definition) is 1. The first-order chi connectivity index (χ1) is 7.92. The highest BCUT2D eigenvalue weighted by molar-refractivity contribution is 7.80. The van der Waals surface area contributed by atoms with Crippen molar-refractivity contribution in [1.29, 1.82) is 0 Å². The Morgan fingerprint density at radius 1 is 0.812 bits per heavy atom. The van der Waals surface area contributed by atoms with Gasteiger partial charge in [0.05, 0.1) is 0 Å². The van der Waals surface area contributed by atoms with Crippen LogP contribution in [0.15, 0.2) is 66.7 Å². The quantitative estimate of drug-likeness (QED) is 0.750. The summed E-state index contributed by atoms with van der Waals surface area (Å²) in [7, 11) is 0. The molecule has 2 aromatic carbocycles. The van der Waals surface area contributed by atoms with Crippen molar-refractivity contribution in [2.45, 2.75) is 0 Å². The third-order valence-corrected chi connectivity index (χ3v) is 2.65. The van der Waals surface area contributed by atoms with Gasteiger partial charge in [0.25, 0.3) is 0 Å². The number of rotatable bonds is 3. The SMILES string of the molecule is SCC=C(c1ccccc1)c1ccccc1. The van der Waals surface area contributed by atoms with Gasteiger partial charge in [-0.05, 0) is 16.7 Å². The average Bonchev–Trinajstić information content (AvgIpc) is 2.38. The Hall–Kier alpha value is -1.47. The molecular formula is C15H14S. The Bertz CT molecular complexity index is 416. The molecule has 0 atom stereocenters. The van der Waals surface area contributed by atoms with E-state index in [-0.39, 0.29) is 0 Å². The molecule has 0 N–H and O–H groups in total. The molecule has 0 radical (unpaired) electrons. The molecule has 0 saturated heterocycles. The Balaban J connectivity index is 2.44. The highest BCUT2D eigenvalue weighted by Crippen LogP contribution is 2.22.